The summed E-state index contributed by atoms with van der Waals surface area (Å²) in [4.78, 5) is 2.34. The van der Waals surface area contributed by atoms with E-state index in [9.17, 15) is 5.11 Å². The highest BCUT2D eigenvalue weighted by Crippen LogP contribution is 2.33. The fourth-order valence-electron chi connectivity index (χ4n) is 3.03. The average molecular weight is 292 g/mol. The number of nitrogens with zero attached hydrogens (tertiary/aromatic N) is 1. The van der Waals surface area contributed by atoms with Gasteiger partial charge < -0.3 is 25.2 Å². The molecular weight excluding hydrogens is 268 g/mol. The van der Waals surface area contributed by atoms with Gasteiger partial charge >= 0.3 is 0 Å². The minimum absolute atomic E-state index is 0.286. The van der Waals surface area contributed by atoms with Crippen LogP contribution >= 0.6 is 0 Å². The number of benzene rings is 1. The first-order chi connectivity index (χ1) is 10.2. The van der Waals surface area contributed by atoms with Crippen molar-refractivity contribution < 1.29 is 14.6 Å². The predicted molar refractivity (Wildman–Crippen MR) is 80.7 cm³/mol. The van der Waals surface area contributed by atoms with E-state index >= 15 is 0 Å². The molecule has 3 rings (SSSR count). The van der Waals surface area contributed by atoms with E-state index in [1.54, 1.807) is 0 Å². The van der Waals surface area contributed by atoms with Crippen molar-refractivity contribution in [3.63, 3.8) is 0 Å². The summed E-state index contributed by atoms with van der Waals surface area (Å²) in [5.41, 5.74) is 6.99. The van der Waals surface area contributed by atoms with Crippen LogP contribution in [0.4, 0.5) is 0 Å². The molecule has 2 aliphatic heterocycles. The molecule has 21 heavy (non-hydrogen) atoms. The lowest BCUT2D eigenvalue weighted by Gasteiger charge is -2.31. The van der Waals surface area contributed by atoms with Crippen LogP contribution in [0.5, 0.6) is 11.5 Å². The lowest BCUT2D eigenvalue weighted by molar-refractivity contribution is 0.110. The lowest BCUT2D eigenvalue weighted by atomic mass is 10.0. The van der Waals surface area contributed by atoms with Crippen LogP contribution < -0.4 is 15.2 Å². The first kappa shape index (κ1) is 14.6. The Hall–Kier alpha value is -1.30. The Bertz CT molecular complexity index is 475. The molecule has 0 radical (unpaired) electrons. The molecule has 5 nitrogen and oxygen atoms in total. The topological polar surface area (TPSA) is 68.0 Å². The molecule has 1 aromatic rings. The molecule has 0 aliphatic carbocycles. The molecule has 0 bridgehead atoms. The molecule has 1 fully saturated rings. The third-order valence-electron chi connectivity index (χ3n) is 4.23. The van der Waals surface area contributed by atoms with E-state index < -0.39 is 6.10 Å². The molecule has 3 N–H and O–H groups in total. The SMILES string of the molecule is NC(CN1CCCCC1)C(O)c1ccc2c(c1)OCCO2. The van der Waals surface area contributed by atoms with E-state index in [0.717, 1.165) is 30.9 Å². The zero-order chi connectivity index (χ0) is 14.7. The molecule has 2 heterocycles. The highest BCUT2D eigenvalue weighted by atomic mass is 16.6. The maximum Gasteiger partial charge on any atom is 0.161 e. The van der Waals surface area contributed by atoms with Crippen molar-refractivity contribution in [1.82, 2.24) is 4.90 Å². The molecule has 2 unspecified atom stereocenters. The Morgan fingerprint density at radius 3 is 2.57 bits per heavy atom. The van der Waals surface area contributed by atoms with Crippen molar-refractivity contribution in [2.75, 3.05) is 32.8 Å². The molecule has 1 aromatic carbocycles. The summed E-state index contributed by atoms with van der Waals surface area (Å²) in [5.74, 6) is 1.43. The number of nitrogens with two attached hydrogens (primary N) is 1. The summed E-state index contributed by atoms with van der Waals surface area (Å²) in [6, 6.07) is 5.27. The summed E-state index contributed by atoms with van der Waals surface area (Å²) in [7, 11) is 0. The van der Waals surface area contributed by atoms with Gasteiger partial charge in [0.05, 0.1) is 6.10 Å². The van der Waals surface area contributed by atoms with Gasteiger partial charge in [-0.3, -0.25) is 0 Å². The summed E-state index contributed by atoms with van der Waals surface area (Å²) in [6.07, 6.45) is 3.08. The van der Waals surface area contributed by atoms with E-state index in [0.29, 0.717) is 19.0 Å². The van der Waals surface area contributed by atoms with Gasteiger partial charge in [-0.25, -0.2) is 0 Å². The van der Waals surface area contributed by atoms with E-state index in [1.165, 1.54) is 19.3 Å². The molecule has 0 amide bonds. The van der Waals surface area contributed by atoms with Crippen LogP contribution in [0, 0.1) is 0 Å². The standard InChI is InChI=1S/C16H24N2O3/c17-13(11-18-6-2-1-3-7-18)16(19)12-4-5-14-15(10-12)21-9-8-20-14/h4-5,10,13,16,19H,1-3,6-9,11,17H2. The number of aliphatic hydroxyl groups excluding tert-OH is 1. The lowest BCUT2D eigenvalue weighted by Crippen LogP contribution is -2.43. The van der Waals surface area contributed by atoms with Crippen LogP contribution in [0.25, 0.3) is 0 Å². The van der Waals surface area contributed by atoms with Crippen molar-refractivity contribution in [3.05, 3.63) is 23.8 Å². The Kier molecular flexibility index (Phi) is 4.63. The molecular formula is C16H24N2O3. The van der Waals surface area contributed by atoms with Gasteiger partial charge in [-0.15, -0.1) is 0 Å². The highest BCUT2D eigenvalue weighted by Gasteiger charge is 2.23. The molecule has 0 aromatic heterocycles. The zero-order valence-corrected chi connectivity index (χ0v) is 12.3. The van der Waals surface area contributed by atoms with Crippen LogP contribution in [0.3, 0.4) is 0 Å². The van der Waals surface area contributed by atoms with Crippen molar-refractivity contribution in [3.8, 4) is 11.5 Å². The summed E-state index contributed by atoms with van der Waals surface area (Å²) in [6.45, 7) is 4.02. The first-order valence-electron chi connectivity index (χ1n) is 7.79. The van der Waals surface area contributed by atoms with Gasteiger partial charge in [0.2, 0.25) is 0 Å². The Balaban J connectivity index is 1.64. The second kappa shape index (κ2) is 6.64. The monoisotopic (exact) mass is 292 g/mol. The number of likely N-dealkylation sites (tertiary alicyclic amines) is 1. The van der Waals surface area contributed by atoms with E-state index in [2.05, 4.69) is 4.90 Å². The second-order valence-electron chi connectivity index (χ2n) is 5.87. The van der Waals surface area contributed by atoms with Gasteiger partial charge in [0, 0.05) is 12.6 Å². The van der Waals surface area contributed by atoms with Crippen LogP contribution in [0.2, 0.25) is 0 Å². The van der Waals surface area contributed by atoms with E-state index in [-0.39, 0.29) is 6.04 Å². The van der Waals surface area contributed by atoms with Gasteiger partial charge in [0.25, 0.3) is 0 Å². The van der Waals surface area contributed by atoms with E-state index in [1.807, 2.05) is 18.2 Å². The number of hydrogen-bond donors (Lipinski definition) is 2. The predicted octanol–water partition coefficient (Wildman–Crippen LogP) is 1.30. The Labute approximate surface area is 125 Å². The van der Waals surface area contributed by atoms with Crippen LogP contribution in [-0.2, 0) is 0 Å². The fourth-order valence-corrected chi connectivity index (χ4v) is 3.03. The molecule has 2 aliphatic rings. The summed E-state index contributed by atoms with van der Waals surface area (Å²) >= 11 is 0. The number of hydrogen-bond acceptors (Lipinski definition) is 5. The van der Waals surface area contributed by atoms with Crippen LogP contribution in [0.15, 0.2) is 18.2 Å². The number of aliphatic hydroxyl groups is 1. The largest absolute Gasteiger partial charge is 0.486 e. The molecule has 5 heteroatoms. The zero-order valence-electron chi connectivity index (χ0n) is 12.3. The van der Waals surface area contributed by atoms with Crippen molar-refractivity contribution in [2.24, 2.45) is 5.73 Å². The summed E-state index contributed by atoms with van der Waals surface area (Å²) < 4.78 is 11.1. The van der Waals surface area contributed by atoms with Crippen molar-refractivity contribution in [1.29, 1.82) is 0 Å². The molecule has 0 saturated carbocycles. The minimum Gasteiger partial charge on any atom is -0.486 e. The number of fused-ring (bicyclic) bond motifs is 1. The number of rotatable bonds is 4. The molecule has 1 saturated heterocycles. The molecule has 2 atom stereocenters. The number of piperidine rings is 1. The number of ether oxygens (including phenoxy) is 2. The van der Waals surface area contributed by atoms with Gasteiger partial charge in [-0.2, -0.15) is 0 Å². The van der Waals surface area contributed by atoms with Gasteiger partial charge in [-0.1, -0.05) is 12.5 Å². The van der Waals surface area contributed by atoms with Gasteiger partial charge in [-0.05, 0) is 43.6 Å². The van der Waals surface area contributed by atoms with Crippen molar-refractivity contribution in [2.45, 2.75) is 31.4 Å². The van der Waals surface area contributed by atoms with Crippen molar-refractivity contribution >= 4 is 0 Å². The molecule has 116 valence electrons. The quantitative estimate of drug-likeness (QED) is 0.875. The van der Waals surface area contributed by atoms with Gasteiger partial charge in [0.15, 0.2) is 11.5 Å². The highest BCUT2D eigenvalue weighted by molar-refractivity contribution is 5.44. The third kappa shape index (κ3) is 3.48. The fraction of sp³-hybridized carbons (Fsp3) is 0.625. The normalized spacial score (nSPS) is 21.8. The van der Waals surface area contributed by atoms with Crippen LogP contribution in [0.1, 0.15) is 30.9 Å². The summed E-state index contributed by atoms with van der Waals surface area (Å²) in [5, 5.41) is 10.5. The first-order valence-corrected chi connectivity index (χ1v) is 7.79. The molecule has 0 spiro atoms. The smallest absolute Gasteiger partial charge is 0.161 e. The average Bonchev–Trinajstić information content (AvgIpc) is 2.54. The van der Waals surface area contributed by atoms with Crippen LogP contribution in [-0.4, -0.2) is 48.9 Å². The Morgan fingerprint density at radius 2 is 1.81 bits per heavy atom. The Morgan fingerprint density at radius 1 is 1.10 bits per heavy atom. The second-order valence-corrected chi connectivity index (χ2v) is 5.87. The minimum atomic E-state index is -0.678. The maximum absolute atomic E-state index is 10.5. The third-order valence-corrected chi connectivity index (χ3v) is 4.23. The maximum atomic E-state index is 10.5. The van der Waals surface area contributed by atoms with Gasteiger partial charge in [0.1, 0.15) is 13.2 Å². The van der Waals surface area contributed by atoms with E-state index in [4.69, 9.17) is 15.2 Å².